The maximum absolute atomic E-state index is 5.57. The largest absolute Gasteiger partial charge is 0.339 e. The van der Waals surface area contributed by atoms with Gasteiger partial charge < -0.3 is 9.84 Å². The zero-order valence-electron chi connectivity index (χ0n) is 11.7. The number of rotatable bonds is 3. The molecule has 1 aliphatic carbocycles. The van der Waals surface area contributed by atoms with Crippen LogP contribution in [0.5, 0.6) is 0 Å². The van der Waals surface area contributed by atoms with E-state index in [0.717, 1.165) is 37.5 Å². The van der Waals surface area contributed by atoms with Crippen molar-refractivity contribution < 1.29 is 4.52 Å². The zero-order chi connectivity index (χ0) is 13.6. The van der Waals surface area contributed by atoms with Crippen LogP contribution in [0.1, 0.15) is 49.4 Å². The Balaban J connectivity index is 1.65. The molecule has 4 rings (SSSR count). The molecule has 1 N–H and O–H groups in total. The van der Waals surface area contributed by atoms with E-state index < -0.39 is 0 Å². The first kappa shape index (κ1) is 12.1. The predicted molar refractivity (Wildman–Crippen MR) is 75.6 cm³/mol. The number of hydrogen-bond donors (Lipinski definition) is 1. The molecule has 0 spiro atoms. The second kappa shape index (κ2) is 4.42. The average Bonchev–Trinajstić information content (AvgIpc) is 2.94. The van der Waals surface area contributed by atoms with Gasteiger partial charge in [0.05, 0.1) is 11.3 Å². The van der Waals surface area contributed by atoms with E-state index in [0.29, 0.717) is 12.0 Å². The van der Waals surface area contributed by atoms with Crippen molar-refractivity contribution >= 4 is 0 Å². The number of nitrogens with one attached hydrogen (secondary N) is 1. The van der Waals surface area contributed by atoms with Gasteiger partial charge in [0.15, 0.2) is 5.82 Å². The third kappa shape index (κ3) is 1.79. The van der Waals surface area contributed by atoms with Crippen molar-refractivity contribution in [3.8, 4) is 0 Å². The highest BCUT2D eigenvalue weighted by Crippen LogP contribution is 2.52. The van der Waals surface area contributed by atoms with Crippen LogP contribution in [0.2, 0.25) is 0 Å². The van der Waals surface area contributed by atoms with Crippen LogP contribution in [-0.4, -0.2) is 22.7 Å². The second-order valence-electron chi connectivity index (χ2n) is 6.04. The summed E-state index contributed by atoms with van der Waals surface area (Å²) in [5.74, 6) is 2.04. The quantitative estimate of drug-likeness (QED) is 0.930. The Morgan fingerprint density at radius 2 is 2.05 bits per heavy atom. The van der Waals surface area contributed by atoms with Gasteiger partial charge in [-0.2, -0.15) is 4.98 Å². The third-order valence-corrected chi connectivity index (χ3v) is 4.79. The Bertz CT molecular complexity index is 603. The Hall–Kier alpha value is -1.68. The summed E-state index contributed by atoms with van der Waals surface area (Å²) < 4.78 is 5.57. The molecule has 1 aromatic heterocycles. The van der Waals surface area contributed by atoms with Gasteiger partial charge in [-0.1, -0.05) is 35.5 Å². The Labute approximate surface area is 118 Å². The maximum atomic E-state index is 5.57. The fourth-order valence-corrected chi connectivity index (χ4v) is 3.30. The van der Waals surface area contributed by atoms with Crippen LogP contribution in [0.3, 0.4) is 0 Å². The molecule has 1 aromatic carbocycles. The smallest absolute Gasteiger partial charge is 0.231 e. The van der Waals surface area contributed by atoms with Crippen LogP contribution in [0.25, 0.3) is 0 Å². The number of benzene rings is 1. The number of hydrogen-bond acceptors (Lipinski definition) is 4. The van der Waals surface area contributed by atoms with Gasteiger partial charge in [-0.15, -0.1) is 0 Å². The Morgan fingerprint density at radius 3 is 2.70 bits per heavy atom. The van der Waals surface area contributed by atoms with Crippen LogP contribution >= 0.6 is 0 Å². The lowest BCUT2D eigenvalue weighted by molar-refractivity contribution is 0.340. The standard InChI is InChI=1S/C16H19N3O/c1-11-13(7-10-17-11)14-18-15(19-20-14)16(8-9-16)12-5-3-2-4-6-12/h2-6,11,13,17H,7-10H2,1H3. The van der Waals surface area contributed by atoms with E-state index in [-0.39, 0.29) is 5.41 Å². The lowest BCUT2D eigenvalue weighted by atomic mass is 9.95. The first-order chi connectivity index (χ1) is 9.79. The normalized spacial score (nSPS) is 27.6. The molecule has 4 nitrogen and oxygen atoms in total. The van der Waals surface area contributed by atoms with Crippen molar-refractivity contribution in [2.24, 2.45) is 0 Å². The first-order valence-electron chi connectivity index (χ1n) is 7.43. The highest BCUT2D eigenvalue weighted by Gasteiger charge is 2.50. The van der Waals surface area contributed by atoms with E-state index in [9.17, 15) is 0 Å². The molecule has 1 saturated carbocycles. The van der Waals surface area contributed by atoms with Crippen LogP contribution in [0.4, 0.5) is 0 Å². The minimum Gasteiger partial charge on any atom is -0.339 e. The van der Waals surface area contributed by atoms with Gasteiger partial charge in [0.25, 0.3) is 0 Å². The van der Waals surface area contributed by atoms with Gasteiger partial charge in [-0.25, -0.2) is 0 Å². The molecular formula is C16H19N3O. The van der Waals surface area contributed by atoms with E-state index in [1.54, 1.807) is 0 Å². The highest BCUT2D eigenvalue weighted by atomic mass is 16.5. The molecule has 4 heteroatoms. The molecule has 0 bridgehead atoms. The number of aromatic nitrogens is 2. The molecule has 104 valence electrons. The number of nitrogens with zero attached hydrogens (tertiary/aromatic N) is 2. The molecule has 2 atom stereocenters. The van der Waals surface area contributed by atoms with E-state index in [2.05, 4.69) is 41.7 Å². The summed E-state index contributed by atoms with van der Waals surface area (Å²) in [4.78, 5) is 4.74. The topological polar surface area (TPSA) is 51.0 Å². The van der Waals surface area contributed by atoms with E-state index >= 15 is 0 Å². The van der Waals surface area contributed by atoms with Crippen molar-refractivity contribution in [1.82, 2.24) is 15.5 Å². The van der Waals surface area contributed by atoms with E-state index in [4.69, 9.17) is 9.51 Å². The second-order valence-corrected chi connectivity index (χ2v) is 6.04. The van der Waals surface area contributed by atoms with Gasteiger partial charge in [-0.3, -0.25) is 0 Å². The molecule has 2 unspecified atom stereocenters. The van der Waals surface area contributed by atoms with Crippen molar-refractivity contribution in [3.63, 3.8) is 0 Å². The molecule has 20 heavy (non-hydrogen) atoms. The van der Waals surface area contributed by atoms with Crippen LogP contribution < -0.4 is 5.32 Å². The highest BCUT2D eigenvalue weighted by molar-refractivity contribution is 5.38. The van der Waals surface area contributed by atoms with Crippen molar-refractivity contribution in [3.05, 3.63) is 47.6 Å². The Kier molecular flexibility index (Phi) is 2.67. The van der Waals surface area contributed by atoms with Crippen molar-refractivity contribution in [1.29, 1.82) is 0 Å². The average molecular weight is 269 g/mol. The molecule has 0 radical (unpaired) electrons. The lowest BCUT2D eigenvalue weighted by Crippen LogP contribution is -2.21. The molecular weight excluding hydrogens is 250 g/mol. The summed E-state index contributed by atoms with van der Waals surface area (Å²) in [5, 5.41) is 7.73. The Morgan fingerprint density at radius 1 is 1.25 bits per heavy atom. The predicted octanol–water partition coefficient (Wildman–Crippen LogP) is 2.61. The summed E-state index contributed by atoms with van der Waals surface area (Å²) >= 11 is 0. The summed E-state index contributed by atoms with van der Waals surface area (Å²) in [7, 11) is 0. The fourth-order valence-electron chi connectivity index (χ4n) is 3.30. The molecule has 0 amide bonds. The minimum atomic E-state index is 0.0122. The van der Waals surface area contributed by atoms with Crippen molar-refractivity contribution in [2.75, 3.05) is 6.54 Å². The van der Waals surface area contributed by atoms with Gasteiger partial charge >= 0.3 is 0 Å². The first-order valence-corrected chi connectivity index (χ1v) is 7.43. The maximum Gasteiger partial charge on any atom is 0.231 e. The summed E-state index contributed by atoms with van der Waals surface area (Å²) in [5.41, 5.74) is 1.32. The third-order valence-electron chi connectivity index (χ3n) is 4.79. The van der Waals surface area contributed by atoms with Crippen molar-refractivity contribution in [2.45, 2.75) is 43.6 Å². The van der Waals surface area contributed by atoms with E-state index in [1.165, 1.54) is 5.56 Å². The van der Waals surface area contributed by atoms with Gasteiger partial charge in [0.2, 0.25) is 5.89 Å². The molecule has 1 saturated heterocycles. The lowest BCUT2D eigenvalue weighted by Gasteiger charge is -2.11. The minimum absolute atomic E-state index is 0.0122. The van der Waals surface area contributed by atoms with E-state index in [1.807, 2.05) is 6.07 Å². The SMILES string of the molecule is CC1NCCC1c1nc(C2(c3ccccc3)CC2)no1. The molecule has 2 heterocycles. The van der Waals surface area contributed by atoms with Gasteiger partial charge in [-0.05, 0) is 38.3 Å². The van der Waals surface area contributed by atoms with Crippen LogP contribution in [0.15, 0.2) is 34.9 Å². The molecule has 1 aliphatic heterocycles. The van der Waals surface area contributed by atoms with Gasteiger partial charge in [0.1, 0.15) is 0 Å². The summed E-state index contributed by atoms with van der Waals surface area (Å²) in [6.45, 7) is 3.22. The summed E-state index contributed by atoms with van der Waals surface area (Å²) in [6, 6.07) is 11.0. The van der Waals surface area contributed by atoms with Crippen LogP contribution in [0, 0.1) is 0 Å². The van der Waals surface area contributed by atoms with Gasteiger partial charge in [0, 0.05) is 6.04 Å². The molecule has 2 aliphatic rings. The summed E-state index contributed by atoms with van der Waals surface area (Å²) in [6.07, 6.45) is 3.32. The zero-order valence-corrected chi connectivity index (χ0v) is 11.7. The molecule has 2 aromatic rings. The monoisotopic (exact) mass is 269 g/mol. The molecule has 2 fully saturated rings. The van der Waals surface area contributed by atoms with Crippen LogP contribution in [-0.2, 0) is 5.41 Å². The fraction of sp³-hybridized carbons (Fsp3) is 0.500.